The van der Waals surface area contributed by atoms with Gasteiger partial charge >= 0.3 is 0 Å². The van der Waals surface area contributed by atoms with E-state index in [4.69, 9.17) is 0 Å². The standard InChI is InChI=1S/C48H33NS/c1-3-9-34(10-4-1)36-15-17-37(18-16-36)39-21-28-43(29-22-39)49(42-26-19-38(20-27-42)35-11-5-2-6-12-35)44-30-23-40(24-31-44)41-25-32-48-46(33-41)45-13-7-8-14-47(45)50-48/h1-33H. The molecule has 0 aliphatic heterocycles. The zero-order chi connectivity index (χ0) is 33.3. The van der Waals surface area contributed by atoms with Gasteiger partial charge in [0.05, 0.1) is 0 Å². The summed E-state index contributed by atoms with van der Waals surface area (Å²) in [5.41, 5.74) is 13.1. The Morgan fingerprint density at radius 2 is 0.600 bits per heavy atom. The van der Waals surface area contributed by atoms with Crippen LogP contribution >= 0.6 is 11.3 Å². The number of hydrogen-bond acceptors (Lipinski definition) is 2. The maximum absolute atomic E-state index is 2.34. The van der Waals surface area contributed by atoms with E-state index in [2.05, 4.69) is 205 Å². The summed E-state index contributed by atoms with van der Waals surface area (Å²) in [6, 6.07) is 72.3. The summed E-state index contributed by atoms with van der Waals surface area (Å²) >= 11 is 1.86. The second-order valence-corrected chi connectivity index (χ2v) is 13.7. The van der Waals surface area contributed by atoms with Gasteiger partial charge in [-0.2, -0.15) is 0 Å². The van der Waals surface area contributed by atoms with Gasteiger partial charge in [0.1, 0.15) is 0 Å². The van der Waals surface area contributed by atoms with Crippen molar-refractivity contribution >= 4 is 48.6 Å². The molecule has 0 bridgehead atoms. The molecule has 236 valence electrons. The third-order valence-electron chi connectivity index (χ3n) is 9.52. The van der Waals surface area contributed by atoms with Gasteiger partial charge in [0, 0.05) is 37.2 Å². The lowest BCUT2D eigenvalue weighted by Gasteiger charge is -2.26. The van der Waals surface area contributed by atoms with Crippen LogP contribution in [0, 0.1) is 0 Å². The fraction of sp³-hybridized carbons (Fsp3) is 0. The van der Waals surface area contributed by atoms with E-state index in [0.29, 0.717) is 0 Å². The largest absolute Gasteiger partial charge is 0.311 e. The lowest BCUT2D eigenvalue weighted by Crippen LogP contribution is -2.09. The molecule has 0 amide bonds. The molecule has 0 N–H and O–H groups in total. The highest BCUT2D eigenvalue weighted by atomic mass is 32.1. The molecule has 0 spiro atoms. The summed E-state index contributed by atoms with van der Waals surface area (Å²) < 4.78 is 2.66. The molecule has 8 aromatic carbocycles. The van der Waals surface area contributed by atoms with E-state index in [-0.39, 0.29) is 0 Å². The first-order valence-electron chi connectivity index (χ1n) is 17.0. The Morgan fingerprint density at radius 3 is 1.08 bits per heavy atom. The number of nitrogens with zero attached hydrogens (tertiary/aromatic N) is 1. The first-order valence-corrected chi connectivity index (χ1v) is 17.8. The molecule has 0 saturated heterocycles. The molecule has 1 aromatic heterocycles. The zero-order valence-corrected chi connectivity index (χ0v) is 28.2. The van der Waals surface area contributed by atoms with Crippen molar-refractivity contribution in [3.63, 3.8) is 0 Å². The summed E-state index contributed by atoms with van der Waals surface area (Å²) in [4.78, 5) is 2.34. The summed E-state index contributed by atoms with van der Waals surface area (Å²) in [5.74, 6) is 0. The minimum atomic E-state index is 1.11. The average Bonchev–Trinajstić information content (AvgIpc) is 3.58. The van der Waals surface area contributed by atoms with Crippen LogP contribution in [0.15, 0.2) is 200 Å². The number of hydrogen-bond donors (Lipinski definition) is 0. The molecule has 0 atom stereocenters. The van der Waals surface area contributed by atoms with Crippen LogP contribution in [0.1, 0.15) is 0 Å². The van der Waals surface area contributed by atoms with E-state index in [9.17, 15) is 0 Å². The van der Waals surface area contributed by atoms with Crippen LogP contribution in [0.3, 0.4) is 0 Å². The Kier molecular flexibility index (Phi) is 7.77. The van der Waals surface area contributed by atoms with Gasteiger partial charge in [0.25, 0.3) is 0 Å². The second kappa shape index (κ2) is 13.0. The second-order valence-electron chi connectivity index (χ2n) is 12.6. The van der Waals surface area contributed by atoms with E-state index in [1.54, 1.807) is 0 Å². The molecule has 9 rings (SSSR count). The maximum Gasteiger partial charge on any atom is 0.0462 e. The number of rotatable bonds is 7. The summed E-state index contributed by atoms with van der Waals surface area (Å²) in [5, 5.41) is 2.65. The molecule has 0 aliphatic rings. The number of fused-ring (bicyclic) bond motifs is 3. The van der Waals surface area contributed by atoms with Crippen molar-refractivity contribution in [3.8, 4) is 44.5 Å². The first kappa shape index (κ1) is 29.9. The van der Waals surface area contributed by atoms with Crippen LogP contribution in [0.4, 0.5) is 17.1 Å². The van der Waals surface area contributed by atoms with Crippen LogP contribution in [-0.4, -0.2) is 0 Å². The van der Waals surface area contributed by atoms with Crippen molar-refractivity contribution < 1.29 is 0 Å². The predicted molar refractivity (Wildman–Crippen MR) is 216 cm³/mol. The van der Waals surface area contributed by atoms with Crippen molar-refractivity contribution in [2.24, 2.45) is 0 Å². The fourth-order valence-corrected chi connectivity index (χ4v) is 7.96. The van der Waals surface area contributed by atoms with E-state index >= 15 is 0 Å². The van der Waals surface area contributed by atoms with Gasteiger partial charge in [-0.15, -0.1) is 11.3 Å². The molecule has 50 heavy (non-hydrogen) atoms. The predicted octanol–water partition coefficient (Wildman–Crippen LogP) is 14.2. The molecular weight excluding hydrogens is 623 g/mol. The molecular formula is C48H33NS. The van der Waals surface area contributed by atoms with Gasteiger partial charge in [-0.3, -0.25) is 0 Å². The summed E-state index contributed by atoms with van der Waals surface area (Å²) in [6.45, 7) is 0. The number of benzene rings is 8. The highest BCUT2D eigenvalue weighted by Gasteiger charge is 2.14. The minimum Gasteiger partial charge on any atom is -0.311 e. The molecule has 0 unspecified atom stereocenters. The van der Waals surface area contributed by atoms with Gasteiger partial charge in [0.2, 0.25) is 0 Å². The number of thiophene rings is 1. The van der Waals surface area contributed by atoms with E-state index in [1.807, 2.05) is 11.3 Å². The van der Waals surface area contributed by atoms with E-state index < -0.39 is 0 Å². The Balaban J connectivity index is 1.06. The van der Waals surface area contributed by atoms with Gasteiger partial charge in [-0.1, -0.05) is 146 Å². The van der Waals surface area contributed by atoms with Crippen LogP contribution in [-0.2, 0) is 0 Å². The first-order chi connectivity index (χ1) is 24.8. The quantitative estimate of drug-likeness (QED) is 0.165. The Bertz CT molecular complexity index is 2530. The topological polar surface area (TPSA) is 3.24 Å². The van der Waals surface area contributed by atoms with Crippen molar-refractivity contribution in [1.29, 1.82) is 0 Å². The van der Waals surface area contributed by atoms with Gasteiger partial charge in [-0.05, 0) is 99.1 Å². The third kappa shape index (κ3) is 5.77. The van der Waals surface area contributed by atoms with Gasteiger partial charge < -0.3 is 4.90 Å². The summed E-state index contributed by atoms with van der Waals surface area (Å²) in [6.07, 6.45) is 0. The van der Waals surface area contributed by atoms with Crippen molar-refractivity contribution in [2.75, 3.05) is 4.90 Å². The molecule has 1 heterocycles. The van der Waals surface area contributed by atoms with E-state index in [0.717, 1.165) is 17.1 Å². The monoisotopic (exact) mass is 655 g/mol. The minimum absolute atomic E-state index is 1.11. The molecule has 1 nitrogen and oxygen atoms in total. The highest BCUT2D eigenvalue weighted by molar-refractivity contribution is 7.25. The van der Waals surface area contributed by atoms with Crippen LogP contribution in [0.5, 0.6) is 0 Å². The molecule has 2 heteroatoms. The summed E-state index contributed by atoms with van der Waals surface area (Å²) in [7, 11) is 0. The molecule has 0 saturated carbocycles. The van der Waals surface area contributed by atoms with Gasteiger partial charge in [0.15, 0.2) is 0 Å². The highest BCUT2D eigenvalue weighted by Crippen LogP contribution is 2.40. The smallest absolute Gasteiger partial charge is 0.0462 e. The fourth-order valence-electron chi connectivity index (χ4n) is 6.88. The Labute approximate surface area is 297 Å². The molecule has 0 aliphatic carbocycles. The lowest BCUT2D eigenvalue weighted by molar-refractivity contribution is 1.28. The zero-order valence-electron chi connectivity index (χ0n) is 27.4. The average molecular weight is 656 g/mol. The van der Waals surface area contributed by atoms with Crippen LogP contribution in [0.2, 0.25) is 0 Å². The van der Waals surface area contributed by atoms with Crippen molar-refractivity contribution in [1.82, 2.24) is 0 Å². The normalized spacial score (nSPS) is 11.2. The maximum atomic E-state index is 2.34. The van der Waals surface area contributed by atoms with E-state index in [1.165, 1.54) is 64.7 Å². The molecule has 0 fully saturated rings. The molecule has 9 aromatic rings. The SMILES string of the molecule is c1ccc(-c2ccc(-c3ccc(N(c4ccc(-c5ccccc5)cc4)c4ccc(-c5ccc6sc7ccccc7c6c5)cc4)cc3)cc2)cc1. The van der Waals surface area contributed by atoms with Gasteiger partial charge in [-0.25, -0.2) is 0 Å². The van der Waals surface area contributed by atoms with Crippen LogP contribution < -0.4 is 4.90 Å². The molecule has 0 radical (unpaired) electrons. The number of anilines is 3. The third-order valence-corrected chi connectivity index (χ3v) is 10.7. The Hall–Kier alpha value is -6.22. The van der Waals surface area contributed by atoms with Crippen molar-refractivity contribution in [3.05, 3.63) is 200 Å². The van der Waals surface area contributed by atoms with Crippen LogP contribution in [0.25, 0.3) is 64.7 Å². The van der Waals surface area contributed by atoms with Crippen molar-refractivity contribution in [2.45, 2.75) is 0 Å². The lowest BCUT2D eigenvalue weighted by atomic mass is 10.00. The Morgan fingerprint density at radius 1 is 0.260 bits per heavy atom.